The fourth-order valence-electron chi connectivity index (χ4n) is 1.02. The average Bonchev–Trinajstić information content (AvgIpc) is 2.20. The zero-order valence-electron chi connectivity index (χ0n) is 8.20. The minimum Gasteiger partial charge on any atom is -0.497 e. The van der Waals surface area contributed by atoms with Crippen molar-refractivity contribution in [3.63, 3.8) is 0 Å². The molecule has 0 aliphatic rings. The van der Waals surface area contributed by atoms with E-state index in [0.29, 0.717) is 11.3 Å². The van der Waals surface area contributed by atoms with Gasteiger partial charge in [0.05, 0.1) is 13.7 Å². The molecule has 0 saturated heterocycles. The van der Waals surface area contributed by atoms with E-state index in [-0.39, 0.29) is 6.61 Å². The van der Waals surface area contributed by atoms with Crippen LogP contribution in [0.1, 0.15) is 5.56 Å². The zero-order chi connectivity index (χ0) is 11.3. The molecule has 5 heteroatoms. The van der Waals surface area contributed by atoms with Crippen LogP contribution in [-0.2, 0) is 16.1 Å². The Kier molecular flexibility index (Phi) is 4.05. The second kappa shape index (κ2) is 5.31. The van der Waals surface area contributed by atoms with Crippen molar-refractivity contribution in [3.05, 3.63) is 29.6 Å². The molecule has 0 aliphatic carbocycles. The first-order valence-electron chi connectivity index (χ1n) is 4.25. The van der Waals surface area contributed by atoms with Crippen molar-refractivity contribution in [2.45, 2.75) is 6.61 Å². The third-order valence-corrected chi connectivity index (χ3v) is 1.74. The number of benzene rings is 1. The van der Waals surface area contributed by atoms with E-state index in [1.807, 2.05) is 0 Å². The van der Waals surface area contributed by atoms with Gasteiger partial charge in [-0.2, -0.15) is 0 Å². The predicted molar refractivity (Wildman–Crippen MR) is 50.2 cm³/mol. The molecule has 0 atom stereocenters. The van der Waals surface area contributed by atoms with Gasteiger partial charge in [0.15, 0.2) is 0 Å². The van der Waals surface area contributed by atoms with Gasteiger partial charge in [-0.1, -0.05) is 6.07 Å². The molecule has 0 aromatic heterocycles. The molecule has 15 heavy (non-hydrogen) atoms. The molecule has 82 valence electrons. The lowest BCUT2D eigenvalue weighted by Crippen LogP contribution is -2.07. The van der Waals surface area contributed by atoms with Gasteiger partial charge in [-0.05, 0) is 6.07 Å². The van der Waals surface area contributed by atoms with Gasteiger partial charge in [-0.3, -0.25) is 0 Å². The van der Waals surface area contributed by atoms with Gasteiger partial charge in [-0.15, -0.1) is 0 Å². The highest BCUT2D eigenvalue weighted by atomic mass is 19.1. The summed E-state index contributed by atoms with van der Waals surface area (Å²) < 4.78 is 22.8. The van der Waals surface area contributed by atoms with Crippen LogP contribution in [0.5, 0.6) is 5.75 Å². The van der Waals surface area contributed by atoms with Crippen molar-refractivity contribution in [3.8, 4) is 5.75 Å². The van der Waals surface area contributed by atoms with Crippen LogP contribution in [0, 0.1) is 5.82 Å². The van der Waals surface area contributed by atoms with Crippen molar-refractivity contribution >= 4 is 5.97 Å². The minimum absolute atomic E-state index is 0.0673. The molecule has 0 spiro atoms. The Morgan fingerprint density at radius 2 is 2.27 bits per heavy atom. The van der Waals surface area contributed by atoms with Crippen molar-refractivity contribution in [2.24, 2.45) is 0 Å². The summed E-state index contributed by atoms with van der Waals surface area (Å²) in [5, 5.41) is 8.30. The highest BCUT2D eigenvalue weighted by molar-refractivity contribution is 5.67. The number of carboxylic acid groups (broad SMARTS) is 1. The van der Waals surface area contributed by atoms with E-state index < -0.39 is 18.4 Å². The van der Waals surface area contributed by atoms with Crippen LogP contribution in [-0.4, -0.2) is 24.8 Å². The first-order chi connectivity index (χ1) is 7.13. The predicted octanol–water partition coefficient (Wildman–Crippen LogP) is 1.44. The van der Waals surface area contributed by atoms with Crippen molar-refractivity contribution in [2.75, 3.05) is 13.7 Å². The van der Waals surface area contributed by atoms with E-state index in [2.05, 4.69) is 0 Å². The molecule has 0 fully saturated rings. The maximum absolute atomic E-state index is 13.3. The van der Waals surface area contributed by atoms with Gasteiger partial charge >= 0.3 is 5.97 Å². The summed E-state index contributed by atoms with van der Waals surface area (Å²) in [4.78, 5) is 10.1. The molecule has 1 N–H and O–H groups in total. The number of hydrogen-bond acceptors (Lipinski definition) is 3. The summed E-state index contributed by atoms with van der Waals surface area (Å²) in [5.41, 5.74) is 0.303. The largest absolute Gasteiger partial charge is 0.497 e. The van der Waals surface area contributed by atoms with E-state index in [1.54, 1.807) is 6.07 Å². The van der Waals surface area contributed by atoms with E-state index in [0.717, 1.165) is 0 Å². The van der Waals surface area contributed by atoms with Gasteiger partial charge in [0.2, 0.25) is 0 Å². The number of methoxy groups -OCH3 is 1. The third-order valence-electron chi connectivity index (χ3n) is 1.74. The lowest BCUT2D eigenvalue weighted by molar-refractivity contribution is -0.142. The molecule has 0 amide bonds. The van der Waals surface area contributed by atoms with Crippen molar-refractivity contribution in [1.29, 1.82) is 0 Å². The Bertz CT molecular complexity index is 351. The summed E-state index contributed by atoms with van der Waals surface area (Å²) in [5.74, 6) is -1.14. The molecule has 0 heterocycles. The third kappa shape index (κ3) is 3.55. The zero-order valence-corrected chi connectivity index (χ0v) is 8.20. The maximum atomic E-state index is 13.3. The molecule has 1 rings (SSSR count). The van der Waals surface area contributed by atoms with Gasteiger partial charge in [-0.25, -0.2) is 9.18 Å². The molecule has 4 nitrogen and oxygen atoms in total. The monoisotopic (exact) mass is 214 g/mol. The van der Waals surface area contributed by atoms with Gasteiger partial charge in [0.25, 0.3) is 0 Å². The topological polar surface area (TPSA) is 55.8 Å². The molecule has 1 aromatic carbocycles. The van der Waals surface area contributed by atoms with Crippen molar-refractivity contribution < 1.29 is 23.8 Å². The molecular weight excluding hydrogens is 203 g/mol. The number of aliphatic carboxylic acids is 1. The maximum Gasteiger partial charge on any atom is 0.329 e. The van der Waals surface area contributed by atoms with E-state index in [1.165, 1.54) is 19.2 Å². The highest BCUT2D eigenvalue weighted by Gasteiger charge is 2.05. The van der Waals surface area contributed by atoms with Crippen LogP contribution in [0.3, 0.4) is 0 Å². The SMILES string of the molecule is COc1ccc(COCC(=O)O)c(F)c1. The summed E-state index contributed by atoms with van der Waals surface area (Å²) >= 11 is 0. The standard InChI is InChI=1S/C10H11FO4/c1-14-8-3-2-7(9(11)4-8)5-15-6-10(12)13/h2-4H,5-6H2,1H3,(H,12,13). The quantitative estimate of drug-likeness (QED) is 0.805. The Labute approximate surface area is 86.2 Å². The highest BCUT2D eigenvalue weighted by Crippen LogP contribution is 2.16. The first kappa shape index (κ1) is 11.5. The number of hydrogen-bond donors (Lipinski definition) is 1. The number of halogens is 1. The lowest BCUT2D eigenvalue weighted by Gasteiger charge is -2.05. The molecule has 0 unspecified atom stereocenters. The van der Waals surface area contributed by atoms with E-state index in [9.17, 15) is 9.18 Å². The summed E-state index contributed by atoms with van der Waals surface area (Å²) in [6, 6.07) is 4.30. The Hall–Kier alpha value is -1.62. The number of carboxylic acids is 1. The van der Waals surface area contributed by atoms with E-state index in [4.69, 9.17) is 14.6 Å². The Morgan fingerprint density at radius 1 is 1.53 bits per heavy atom. The van der Waals surface area contributed by atoms with Crippen LogP contribution < -0.4 is 4.74 Å². The molecule has 0 bridgehead atoms. The van der Waals surface area contributed by atoms with E-state index >= 15 is 0 Å². The molecule has 0 aliphatic heterocycles. The normalized spacial score (nSPS) is 10.0. The molecule has 0 saturated carbocycles. The van der Waals surface area contributed by atoms with Crippen LogP contribution >= 0.6 is 0 Å². The van der Waals surface area contributed by atoms with Crippen LogP contribution in [0.15, 0.2) is 18.2 Å². The summed E-state index contributed by atoms with van der Waals surface area (Å²) in [6.07, 6.45) is 0. The lowest BCUT2D eigenvalue weighted by atomic mass is 10.2. The second-order valence-electron chi connectivity index (χ2n) is 2.84. The fourth-order valence-corrected chi connectivity index (χ4v) is 1.02. The van der Waals surface area contributed by atoms with Crippen LogP contribution in [0.4, 0.5) is 4.39 Å². The second-order valence-corrected chi connectivity index (χ2v) is 2.84. The number of carbonyl (C=O) groups is 1. The Morgan fingerprint density at radius 3 is 2.80 bits per heavy atom. The number of rotatable bonds is 5. The molecule has 0 radical (unpaired) electrons. The molecular formula is C10H11FO4. The summed E-state index contributed by atoms with van der Waals surface area (Å²) in [7, 11) is 1.44. The van der Waals surface area contributed by atoms with Crippen LogP contribution in [0.25, 0.3) is 0 Å². The minimum atomic E-state index is -1.08. The van der Waals surface area contributed by atoms with Crippen LogP contribution in [0.2, 0.25) is 0 Å². The Balaban J connectivity index is 2.58. The number of ether oxygens (including phenoxy) is 2. The van der Waals surface area contributed by atoms with Gasteiger partial charge < -0.3 is 14.6 Å². The molecule has 1 aromatic rings. The average molecular weight is 214 g/mol. The van der Waals surface area contributed by atoms with Crippen molar-refractivity contribution in [1.82, 2.24) is 0 Å². The summed E-state index contributed by atoms with van der Waals surface area (Å²) in [6.45, 7) is -0.506. The first-order valence-corrected chi connectivity index (χ1v) is 4.25. The smallest absolute Gasteiger partial charge is 0.329 e. The fraction of sp³-hybridized carbons (Fsp3) is 0.300. The van der Waals surface area contributed by atoms with Gasteiger partial charge in [0.1, 0.15) is 18.2 Å². The van der Waals surface area contributed by atoms with Gasteiger partial charge in [0, 0.05) is 11.6 Å².